The number of amides is 1. The fraction of sp³-hybridized carbons (Fsp3) is 0.357. The Morgan fingerprint density at radius 3 is 2.68 bits per heavy atom. The van der Waals surface area contributed by atoms with Gasteiger partial charge in [-0.15, -0.1) is 0 Å². The Bertz CT molecular complexity index is 1310. The summed E-state index contributed by atoms with van der Waals surface area (Å²) in [5.41, 5.74) is 6.47. The zero-order chi connectivity index (χ0) is 26.2. The number of ether oxygens (including phenoxy) is 2. The number of carbonyl (C=O) groups excluding carboxylic acids is 1. The first-order valence-corrected chi connectivity index (χ1v) is 12.7. The summed E-state index contributed by atoms with van der Waals surface area (Å²) in [7, 11) is 1.36. The second-order valence-electron chi connectivity index (χ2n) is 9.64. The molecule has 0 radical (unpaired) electrons. The van der Waals surface area contributed by atoms with Gasteiger partial charge in [0.1, 0.15) is 5.75 Å². The predicted octanol–water partition coefficient (Wildman–Crippen LogP) is 4.37. The maximum Gasteiger partial charge on any atom is 0.249 e. The lowest BCUT2D eigenvalue weighted by Gasteiger charge is -2.33. The minimum Gasteiger partial charge on any atom is -0.494 e. The fourth-order valence-electron chi connectivity index (χ4n) is 5.39. The minimum atomic E-state index is -0.888. The summed E-state index contributed by atoms with van der Waals surface area (Å²) in [5.74, 6) is -0.988. The van der Waals surface area contributed by atoms with Crippen LogP contribution in [0.3, 0.4) is 0 Å². The monoisotopic (exact) mass is 525 g/mol. The highest BCUT2D eigenvalue weighted by molar-refractivity contribution is 6.34. The van der Waals surface area contributed by atoms with Crippen molar-refractivity contribution in [3.05, 3.63) is 76.3 Å². The molecule has 1 atom stereocenters. The van der Waals surface area contributed by atoms with Crippen molar-refractivity contribution in [2.75, 3.05) is 13.7 Å². The largest absolute Gasteiger partial charge is 0.494 e. The van der Waals surface area contributed by atoms with Crippen LogP contribution in [0.2, 0.25) is 5.02 Å². The number of hydrogen-bond acceptors (Lipinski definition) is 6. The number of rotatable bonds is 7. The van der Waals surface area contributed by atoms with Gasteiger partial charge in [-0.1, -0.05) is 17.7 Å². The number of hydrogen-bond donors (Lipinski definition) is 3. The Labute approximate surface area is 219 Å². The van der Waals surface area contributed by atoms with E-state index < -0.39 is 17.3 Å². The molecule has 2 aliphatic rings. The zero-order valence-corrected chi connectivity index (χ0v) is 21.2. The summed E-state index contributed by atoms with van der Waals surface area (Å²) in [6, 6.07) is 12.1. The lowest BCUT2D eigenvalue weighted by Crippen LogP contribution is -2.47. The van der Waals surface area contributed by atoms with E-state index in [0.29, 0.717) is 29.8 Å². The summed E-state index contributed by atoms with van der Waals surface area (Å²) < 4.78 is 27.5. The quantitative estimate of drug-likeness (QED) is 0.423. The maximum absolute atomic E-state index is 15.7. The Balaban J connectivity index is 1.59. The van der Waals surface area contributed by atoms with Crippen molar-refractivity contribution in [1.29, 1.82) is 0 Å². The highest BCUT2D eigenvalue weighted by Crippen LogP contribution is 2.49. The van der Waals surface area contributed by atoms with E-state index in [1.54, 1.807) is 18.3 Å². The second kappa shape index (κ2) is 10.3. The summed E-state index contributed by atoms with van der Waals surface area (Å²) in [6.07, 6.45) is 5.02. The van der Waals surface area contributed by atoms with Crippen molar-refractivity contribution < 1.29 is 23.8 Å². The number of aliphatic hydroxyl groups is 1. The SMILES string of the molecule is COc1ccc(C(N)=O)c(-c2c(Cl)ccc3c2C[C@@](CNC2CCC(O)CC2)(c2ccccn2)O3)c1F. The number of methoxy groups -OCH3 is 1. The minimum absolute atomic E-state index is 0.00262. The van der Waals surface area contributed by atoms with Gasteiger partial charge >= 0.3 is 0 Å². The van der Waals surface area contributed by atoms with E-state index in [4.69, 9.17) is 26.8 Å². The molecular formula is C28H29ClFN3O4. The lowest BCUT2D eigenvalue weighted by atomic mass is 9.86. The van der Waals surface area contributed by atoms with E-state index in [0.717, 1.165) is 31.4 Å². The number of nitrogens with two attached hydrogens (primary N) is 1. The van der Waals surface area contributed by atoms with Gasteiger partial charge in [-0.3, -0.25) is 9.78 Å². The van der Waals surface area contributed by atoms with E-state index >= 15 is 4.39 Å². The van der Waals surface area contributed by atoms with Crippen molar-refractivity contribution in [3.8, 4) is 22.6 Å². The van der Waals surface area contributed by atoms with E-state index in [1.165, 1.54) is 19.2 Å². The van der Waals surface area contributed by atoms with Crippen LogP contribution in [-0.2, 0) is 12.0 Å². The van der Waals surface area contributed by atoms with Crippen LogP contribution in [0.5, 0.6) is 11.5 Å². The Hall–Kier alpha value is -3.20. The average Bonchev–Trinajstić information content (AvgIpc) is 3.29. The van der Waals surface area contributed by atoms with E-state index in [-0.39, 0.29) is 34.0 Å². The van der Waals surface area contributed by atoms with Crippen molar-refractivity contribution in [2.24, 2.45) is 5.73 Å². The van der Waals surface area contributed by atoms with E-state index in [1.807, 2.05) is 18.2 Å². The van der Waals surface area contributed by atoms with Crippen LogP contribution >= 0.6 is 11.6 Å². The van der Waals surface area contributed by atoms with Gasteiger partial charge in [0.15, 0.2) is 17.2 Å². The third kappa shape index (κ3) is 4.77. The molecule has 0 unspecified atom stereocenters. The first kappa shape index (κ1) is 25.4. The molecule has 1 saturated carbocycles. The van der Waals surface area contributed by atoms with Crippen molar-refractivity contribution in [1.82, 2.24) is 10.3 Å². The van der Waals surface area contributed by atoms with Gasteiger partial charge in [-0.05, 0) is 62.1 Å². The van der Waals surface area contributed by atoms with Crippen LogP contribution in [0.15, 0.2) is 48.7 Å². The van der Waals surface area contributed by atoms with Crippen LogP contribution < -0.4 is 20.5 Å². The van der Waals surface area contributed by atoms with Crippen molar-refractivity contribution in [2.45, 2.75) is 49.9 Å². The molecule has 1 aliphatic heterocycles. The normalized spacial score (nSPS) is 22.8. The fourth-order valence-corrected chi connectivity index (χ4v) is 5.66. The number of fused-ring (bicyclic) bond motifs is 1. The number of primary amides is 1. The van der Waals surface area contributed by atoms with Gasteiger partial charge in [0.2, 0.25) is 5.91 Å². The average molecular weight is 526 g/mol. The number of aliphatic hydroxyl groups excluding tert-OH is 1. The van der Waals surface area contributed by atoms with Crippen LogP contribution in [-0.4, -0.2) is 41.8 Å². The number of aromatic nitrogens is 1. The van der Waals surface area contributed by atoms with E-state index in [2.05, 4.69) is 10.3 Å². The predicted molar refractivity (Wildman–Crippen MR) is 138 cm³/mol. The molecule has 7 nitrogen and oxygen atoms in total. The van der Waals surface area contributed by atoms with Crippen LogP contribution in [0.25, 0.3) is 11.1 Å². The molecule has 3 aromatic rings. The molecular weight excluding hydrogens is 497 g/mol. The molecule has 9 heteroatoms. The summed E-state index contributed by atoms with van der Waals surface area (Å²) in [5, 5.41) is 13.8. The molecule has 0 saturated heterocycles. The number of halogens is 2. The summed E-state index contributed by atoms with van der Waals surface area (Å²) >= 11 is 6.67. The Morgan fingerprint density at radius 2 is 2.00 bits per heavy atom. The highest BCUT2D eigenvalue weighted by Gasteiger charge is 2.45. The third-order valence-corrected chi connectivity index (χ3v) is 7.65. The van der Waals surface area contributed by atoms with Crippen molar-refractivity contribution >= 4 is 17.5 Å². The van der Waals surface area contributed by atoms with Gasteiger partial charge in [0.25, 0.3) is 0 Å². The first-order chi connectivity index (χ1) is 17.8. The summed E-state index contributed by atoms with van der Waals surface area (Å²) in [6.45, 7) is 0.444. The van der Waals surface area contributed by atoms with Gasteiger partial charge in [-0.2, -0.15) is 0 Å². The molecule has 1 amide bonds. The molecule has 1 aliphatic carbocycles. The Kier molecular flexibility index (Phi) is 7.07. The number of carbonyl (C=O) groups is 1. The molecule has 1 fully saturated rings. The molecule has 4 N–H and O–H groups in total. The second-order valence-corrected chi connectivity index (χ2v) is 10.0. The molecule has 2 heterocycles. The Morgan fingerprint density at radius 1 is 1.22 bits per heavy atom. The van der Waals surface area contributed by atoms with Crippen LogP contribution in [0, 0.1) is 5.82 Å². The van der Waals surface area contributed by atoms with Gasteiger partial charge in [0, 0.05) is 46.9 Å². The van der Waals surface area contributed by atoms with Gasteiger partial charge < -0.3 is 25.6 Å². The van der Waals surface area contributed by atoms with Crippen molar-refractivity contribution in [3.63, 3.8) is 0 Å². The van der Waals surface area contributed by atoms with Gasteiger partial charge in [-0.25, -0.2) is 4.39 Å². The maximum atomic E-state index is 15.7. The zero-order valence-electron chi connectivity index (χ0n) is 20.5. The van der Waals surface area contributed by atoms with E-state index in [9.17, 15) is 9.90 Å². The molecule has 0 bridgehead atoms. The third-order valence-electron chi connectivity index (χ3n) is 7.33. The van der Waals surface area contributed by atoms with Gasteiger partial charge in [0.05, 0.1) is 24.5 Å². The lowest BCUT2D eigenvalue weighted by molar-refractivity contribution is 0.0726. The first-order valence-electron chi connectivity index (χ1n) is 12.3. The summed E-state index contributed by atoms with van der Waals surface area (Å²) in [4.78, 5) is 16.9. The molecule has 5 rings (SSSR count). The number of pyridine rings is 1. The molecule has 37 heavy (non-hydrogen) atoms. The molecule has 2 aromatic carbocycles. The van der Waals surface area contributed by atoms with Crippen LogP contribution in [0.1, 0.15) is 47.3 Å². The highest BCUT2D eigenvalue weighted by atomic mass is 35.5. The number of benzene rings is 2. The smallest absolute Gasteiger partial charge is 0.249 e. The number of nitrogens with one attached hydrogen (secondary N) is 1. The standard InChI is InChI=1S/C28H29ClFN3O4/c1-36-22-11-9-18(27(31)35)25(26(22)30)24-19-14-28(23-4-2-3-13-32-23,37-21(19)12-10-20(24)29)15-33-16-5-7-17(34)8-6-16/h2-4,9-13,16-17,33-34H,5-8,14-15H2,1H3,(H2,31,35)/t16?,17?,28-/m1/s1. The van der Waals surface area contributed by atoms with Crippen LogP contribution in [0.4, 0.5) is 4.39 Å². The topological polar surface area (TPSA) is 107 Å². The molecule has 1 aromatic heterocycles. The molecule has 194 valence electrons. The molecule has 0 spiro atoms. The number of nitrogens with zero attached hydrogens (tertiary/aromatic N) is 1.